The van der Waals surface area contributed by atoms with Gasteiger partial charge in [-0.05, 0) is 12.1 Å². The maximum atomic E-state index is 12.0. The molecule has 0 saturated heterocycles. The molecule has 1 unspecified atom stereocenters. The Balaban J connectivity index is 3.09. The quantitative estimate of drug-likeness (QED) is 0.723. The van der Waals surface area contributed by atoms with Gasteiger partial charge in [0.2, 0.25) is 5.91 Å². The molecule has 1 amide bonds. The molecule has 4 N–H and O–H groups in total. The highest BCUT2D eigenvalue weighted by atomic mass is 32.2. The van der Waals surface area contributed by atoms with Crippen molar-refractivity contribution in [2.24, 2.45) is 11.5 Å². The van der Waals surface area contributed by atoms with Crippen molar-refractivity contribution in [1.29, 1.82) is 0 Å². The van der Waals surface area contributed by atoms with Crippen LogP contribution in [0.2, 0.25) is 0 Å². The van der Waals surface area contributed by atoms with Gasteiger partial charge in [0.05, 0.1) is 18.9 Å². The zero-order valence-electron chi connectivity index (χ0n) is 9.29. The van der Waals surface area contributed by atoms with Crippen molar-refractivity contribution in [2.75, 3.05) is 12.9 Å². The van der Waals surface area contributed by atoms with Gasteiger partial charge in [0.1, 0.15) is 10.6 Å². The van der Waals surface area contributed by atoms with Crippen LogP contribution >= 0.6 is 0 Å². The highest BCUT2D eigenvalue weighted by molar-refractivity contribution is 7.91. The summed E-state index contributed by atoms with van der Waals surface area (Å²) >= 11 is 0. The van der Waals surface area contributed by atoms with Crippen LogP contribution in [0.5, 0.6) is 5.75 Å². The first kappa shape index (κ1) is 13.5. The Morgan fingerprint density at radius 1 is 1.41 bits per heavy atom. The summed E-state index contributed by atoms with van der Waals surface area (Å²) in [5.74, 6) is -1.18. The van der Waals surface area contributed by atoms with E-state index in [-0.39, 0.29) is 10.6 Å². The van der Waals surface area contributed by atoms with Gasteiger partial charge in [0.25, 0.3) is 0 Å². The van der Waals surface area contributed by atoms with E-state index in [9.17, 15) is 13.2 Å². The van der Waals surface area contributed by atoms with Gasteiger partial charge in [-0.3, -0.25) is 4.79 Å². The summed E-state index contributed by atoms with van der Waals surface area (Å²) in [6.45, 7) is 0. The molecular weight excluding hydrogens is 244 g/mol. The van der Waals surface area contributed by atoms with E-state index in [0.29, 0.717) is 0 Å². The molecule has 0 aliphatic carbocycles. The van der Waals surface area contributed by atoms with E-state index in [0.717, 1.165) is 0 Å². The number of carbonyl (C=O) groups is 1. The molecule has 1 atom stereocenters. The molecule has 6 nitrogen and oxygen atoms in total. The monoisotopic (exact) mass is 258 g/mol. The van der Waals surface area contributed by atoms with Gasteiger partial charge in [0.15, 0.2) is 9.84 Å². The van der Waals surface area contributed by atoms with Crippen LogP contribution < -0.4 is 16.2 Å². The summed E-state index contributed by atoms with van der Waals surface area (Å²) in [7, 11) is -2.33. The number of methoxy groups -OCH3 is 1. The first-order chi connectivity index (χ1) is 7.88. The van der Waals surface area contributed by atoms with Crippen molar-refractivity contribution in [3.05, 3.63) is 24.3 Å². The van der Waals surface area contributed by atoms with E-state index in [1.54, 1.807) is 12.1 Å². The average molecular weight is 258 g/mol. The van der Waals surface area contributed by atoms with Gasteiger partial charge in [0, 0.05) is 0 Å². The van der Waals surface area contributed by atoms with Crippen LogP contribution in [0.3, 0.4) is 0 Å². The second kappa shape index (κ2) is 5.15. The number of sulfone groups is 1. The summed E-state index contributed by atoms with van der Waals surface area (Å²) in [5.41, 5.74) is 10.3. The number of primary amides is 1. The number of para-hydroxylation sites is 1. The summed E-state index contributed by atoms with van der Waals surface area (Å²) in [5, 5.41) is 0. The molecule has 1 aromatic rings. The molecular formula is C10H14N2O4S. The van der Waals surface area contributed by atoms with Crippen LogP contribution in [0.1, 0.15) is 0 Å². The third kappa shape index (κ3) is 3.18. The van der Waals surface area contributed by atoms with Gasteiger partial charge < -0.3 is 16.2 Å². The van der Waals surface area contributed by atoms with E-state index in [1.807, 2.05) is 0 Å². The molecule has 94 valence electrons. The average Bonchev–Trinajstić information content (AvgIpc) is 2.28. The Hall–Kier alpha value is -1.60. The van der Waals surface area contributed by atoms with Crippen LogP contribution in [0.25, 0.3) is 0 Å². The number of ether oxygens (including phenoxy) is 1. The number of amides is 1. The van der Waals surface area contributed by atoms with E-state index >= 15 is 0 Å². The number of carbonyl (C=O) groups excluding carboxylic acids is 1. The highest BCUT2D eigenvalue weighted by Gasteiger charge is 2.24. The van der Waals surface area contributed by atoms with Gasteiger partial charge >= 0.3 is 0 Å². The van der Waals surface area contributed by atoms with Crippen LogP contribution in [-0.2, 0) is 14.6 Å². The van der Waals surface area contributed by atoms with Crippen LogP contribution in [0.15, 0.2) is 29.2 Å². The summed E-state index contributed by atoms with van der Waals surface area (Å²) < 4.78 is 28.9. The molecule has 0 aliphatic heterocycles. The lowest BCUT2D eigenvalue weighted by Crippen LogP contribution is -2.41. The third-order valence-corrected chi connectivity index (χ3v) is 3.97. The lowest BCUT2D eigenvalue weighted by molar-refractivity contribution is -0.118. The molecule has 17 heavy (non-hydrogen) atoms. The van der Waals surface area contributed by atoms with Crippen molar-refractivity contribution in [3.63, 3.8) is 0 Å². The van der Waals surface area contributed by atoms with Gasteiger partial charge in [-0.1, -0.05) is 12.1 Å². The zero-order valence-corrected chi connectivity index (χ0v) is 10.1. The van der Waals surface area contributed by atoms with E-state index in [1.165, 1.54) is 19.2 Å². The van der Waals surface area contributed by atoms with Crippen molar-refractivity contribution in [1.82, 2.24) is 0 Å². The molecule has 0 heterocycles. The number of hydrogen-bond donors (Lipinski definition) is 2. The van der Waals surface area contributed by atoms with Crippen molar-refractivity contribution in [3.8, 4) is 5.75 Å². The molecule has 0 radical (unpaired) electrons. The SMILES string of the molecule is COc1ccccc1S(=O)(=O)CC(N)C(N)=O. The predicted molar refractivity (Wildman–Crippen MR) is 62.2 cm³/mol. The third-order valence-electron chi connectivity index (χ3n) is 2.17. The number of benzene rings is 1. The molecule has 0 spiro atoms. The largest absolute Gasteiger partial charge is 0.495 e. The van der Waals surface area contributed by atoms with E-state index in [4.69, 9.17) is 16.2 Å². The molecule has 0 saturated carbocycles. The van der Waals surface area contributed by atoms with Gasteiger partial charge in [-0.2, -0.15) is 0 Å². The van der Waals surface area contributed by atoms with Crippen LogP contribution in [-0.4, -0.2) is 33.2 Å². The first-order valence-corrected chi connectivity index (χ1v) is 6.44. The Kier molecular flexibility index (Phi) is 4.08. The van der Waals surface area contributed by atoms with Gasteiger partial charge in [-0.25, -0.2) is 8.42 Å². The standard InChI is InChI=1S/C10H14N2O4S/c1-16-8-4-2-3-5-9(8)17(14,15)6-7(11)10(12)13/h2-5,7H,6,11H2,1H3,(H2,12,13). The van der Waals surface area contributed by atoms with E-state index < -0.39 is 27.5 Å². The fraction of sp³-hybridized carbons (Fsp3) is 0.300. The molecule has 1 rings (SSSR count). The fourth-order valence-corrected chi connectivity index (χ4v) is 2.84. The summed E-state index contributed by atoms with van der Waals surface area (Å²) in [6.07, 6.45) is 0. The number of hydrogen-bond acceptors (Lipinski definition) is 5. The number of rotatable bonds is 5. The molecule has 0 bridgehead atoms. The van der Waals surface area contributed by atoms with Crippen LogP contribution in [0, 0.1) is 0 Å². The minimum absolute atomic E-state index is 0.000741. The molecule has 7 heteroatoms. The minimum atomic E-state index is -3.70. The maximum absolute atomic E-state index is 12.0. The Bertz CT molecular complexity index is 513. The lowest BCUT2D eigenvalue weighted by Gasteiger charge is -2.11. The predicted octanol–water partition coefficient (Wildman–Crippen LogP) is -0.718. The first-order valence-electron chi connectivity index (χ1n) is 4.79. The Labute approximate surface area is 99.5 Å². The smallest absolute Gasteiger partial charge is 0.235 e. The maximum Gasteiger partial charge on any atom is 0.235 e. The second-order valence-corrected chi connectivity index (χ2v) is 5.44. The molecule has 0 aliphatic rings. The normalized spacial score (nSPS) is 13.1. The summed E-state index contributed by atoms with van der Waals surface area (Å²) in [6, 6.07) is 4.88. The van der Waals surface area contributed by atoms with Crippen molar-refractivity contribution < 1.29 is 17.9 Å². The Morgan fingerprint density at radius 2 is 2.00 bits per heavy atom. The fourth-order valence-electron chi connectivity index (χ4n) is 1.28. The molecule has 0 fully saturated rings. The van der Waals surface area contributed by atoms with E-state index in [2.05, 4.69) is 0 Å². The Morgan fingerprint density at radius 3 is 2.53 bits per heavy atom. The molecule has 0 aromatic heterocycles. The zero-order chi connectivity index (χ0) is 13.1. The summed E-state index contributed by atoms with van der Waals surface area (Å²) in [4.78, 5) is 10.8. The van der Waals surface area contributed by atoms with Crippen molar-refractivity contribution >= 4 is 15.7 Å². The second-order valence-electron chi connectivity index (χ2n) is 3.44. The minimum Gasteiger partial charge on any atom is -0.495 e. The van der Waals surface area contributed by atoms with Gasteiger partial charge in [-0.15, -0.1) is 0 Å². The lowest BCUT2D eigenvalue weighted by atomic mass is 10.3. The highest BCUT2D eigenvalue weighted by Crippen LogP contribution is 2.24. The van der Waals surface area contributed by atoms with Crippen LogP contribution in [0.4, 0.5) is 0 Å². The number of nitrogens with two attached hydrogens (primary N) is 2. The molecule has 1 aromatic carbocycles. The van der Waals surface area contributed by atoms with Crippen molar-refractivity contribution in [2.45, 2.75) is 10.9 Å². The topological polar surface area (TPSA) is 112 Å².